The SMILES string of the molecule is CCc1cnn2c(NCc3ccc[n+]([O-])c3)cc(NCCN)nc12. The lowest BCUT2D eigenvalue weighted by molar-refractivity contribution is -0.605. The average molecular weight is 327 g/mol. The van der Waals surface area contributed by atoms with Crippen LogP contribution in [0, 0.1) is 5.21 Å². The first-order valence-electron chi connectivity index (χ1n) is 7.94. The van der Waals surface area contributed by atoms with Gasteiger partial charge in [0.25, 0.3) is 0 Å². The molecule has 0 amide bonds. The largest absolute Gasteiger partial charge is 0.619 e. The van der Waals surface area contributed by atoms with E-state index in [4.69, 9.17) is 5.73 Å². The number of nitrogens with one attached hydrogen (secondary N) is 2. The summed E-state index contributed by atoms with van der Waals surface area (Å²) in [5.74, 6) is 1.55. The van der Waals surface area contributed by atoms with Crippen molar-refractivity contribution in [2.45, 2.75) is 19.9 Å². The van der Waals surface area contributed by atoms with Crippen LogP contribution in [0.5, 0.6) is 0 Å². The summed E-state index contributed by atoms with van der Waals surface area (Å²) in [6, 6.07) is 5.51. The summed E-state index contributed by atoms with van der Waals surface area (Å²) >= 11 is 0. The fourth-order valence-corrected chi connectivity index (χ4v) is 2.47. The monoisotopic (exact) mass is 327 g/mol. The van der Waals surface area contributed by atoms with Crippen LogP contribution in [0.3, 0.4) is 0 Å². The quantitative estimate of drug-likeness (QED) is 0.440. The lowest BCUT2D eigenvalue weighted by Gasteiger charge is -2.11. The second kappa shape index (κ2) is 7.14. The molecule has 8 nitrogen and oxygen atoms in total. The van der Waals surface area contributed by atoms with Gasteiger partial charge in [0, 0.05) is 42.9 Å². The second-order valence-electron chi connectivity index (χ2n) is 5.43. The first-order chi connectivity index (χ1) is 11.7. The van der Waals surface area contributed by atoms with Gasteiger partial charge in [-0.2, -0.15) is 14.3 Å². The summed E-state index contributed by atoms with van der Waals surface area (Å²) in [5, 5.41) is 22.3. The van der Waals surface area contributed by atoms with E-state index in [0.717, 1.165) is 39.6 Å². The third-order valence-corrected chi connectivity index (χ3v) is 3.69. The molecule has 4 N–H and O–H groups in total. The van der Waals surface area contributed by atoms with Crippen molar-refractivity contribution in [1.82, 2.24) is 14.6 Å². The Morgan fingerprint density at radius 3 is 3.00 bits per heavy atom. The number of nitrogens with two attached hydrogens (primary N) is 1. The lowest BCUT2D eigenvalue weighted by Crippen LogP contribution is -2.25. The van der Waals surface area contributed by atoms with Gasteiger partial charge in [-0.3, -0.25) is 0 Å². The van der Waals surface area contributed by atoms with Gasteiger partial charge in [-0.05, 0) is 12.5 Å². The topological polar surface area (TPSA) is 107 Å². The number of aromatic nitrogens is 4. The standard InChI is InChI=1S/C16H21N7O/c1-2-13-10-20-23-15(8-14(18-6-5-17)21-16(13)23)19-9-12-4-3-7-22(24)11-12/h3-4,7-8,10-11,19H,2,5-6,9,17H2,1H3,(H,18,21). The first-order valence-corrected chi connectivity index (χ1v) is 7.94. The fraction of sp³-hybridized carbons (Fsp3) is 0.312. The number of pyridine rings is 1. The smallest absolute Gasteiger partial charge is 0.185 e. The van der Waals surface area contributed by atoms with E-state index in [1.165, 1.54) is 6.20 Å². The van der Waals surface area contributed by atoms with Crippen molar-refractivity contribution >= 4 is 17.3 Å². The number of fused-ring (bicyclic) bond motifs is 1. The Hall–Kier alpha value is -2.87. The Bertz CT molecular complexity index is 830. The molecule has 0 fully saturated rings. The Morgan fingerprint density at radius 2 is 2.25 bits per heavy atom. The second-order valence-corrected chi connectivity index (χ2v) is 5.43. The first kappa shape index (κ1) is 16.0. The molecular formula is C16H21N7O. The normalized spacial score (nSPS) is 10.9. The van der Waals surface area contributed by atoms with Crippen molar-refractivity contribution < 1.29 is 4.73 Å². The molecule has 0 aliphatic heterocycles. The molecule has 3 rings (SSSR count). The predicted molar refractivity (Wildman–Crippen MR) is 92.6 cm³/mol. The van der Waals surface area contributed by atoms with Crippen molar-refractivity contribution in [3.05, 3.63) is 53.1 Å². The minimum absolute atomic E-state index is 0.514. The molecule has 0 aliphatic carbocycles. The summed E-state index contributed by atoms with van der Waals surface area (Å²) in [6.07, 6.45) is 5.68. The summed E-state index contributed by atoms with van der Waals surface area (Å²) in [4.78, 5) is 4.61. The third kappa shape index (κ3) is 3.38. The van der Waals surface area contributed by atoms with Crippen molar-refractivity contribution in [1.29, 1.82) is 0 Å². The zero-order chi connectivity index (χ0) is 16.9. The highest BCUT2D eigenvalue weighted by Gasteiger charge is 2.11. The maximum atomic E-state index is 11.4. The summed E-state index contributed by atoms with van der Waals surface area (Å²) < 4.78 is 2.57. The van der Waals surface area contributed by atoms with Crippen molar-refractivity contribution in [3.8, 4) is 0 Å². The van der Waals surface area contributed by atoms with Gasteiger partial charge < -0.3 is 21.6 Å². The molecule has 0 aliphatic rings. The molecule has 0 unspecified atom stereocenters. The van der Waals surface area contributed by atoms with Gasteiger partial charge in [0.05, 0.1) is 6.20 Å². The van der Waals surface area contributed by atoms with Crippen LogP contribution >= 0.6 is 0 Å². The highest BCUT2D eigenvalue weighted by Crippen LogP contribution is 2.19. The van der Waals surface area contributed by atoms with Crippen molar-refractivity contribution in [2.24, 2.45) is 5.73 Å². The fourth-order valence-electron chi connectivity index (χ4n) is 2.47. The number of hydrogen-bond acceptors (Lipinski definition) is 6. The van der Waals surface area contributed by atoms with Crippen LogP contribution in [-0.2, 0) is 13.0 Å². The van der Waals surface area contributed by atoms with E-state index in [1.807, 2.05) is 18.3 Å². The Morgan fingerprint density at radius 1 is 1.38 bits per heavy atom. The minimum Gasteiger partial charge on any atom is -0.619 e. The van der Waals surface area contributed by atoms with Crippen LogP contribution in [0.2, 0.25) is 0 Å². The number of anilines is 2. The van der Waals surface area contributed by atoms with Gasteiger partial charge in [0.2, 0.25) is 0 Å². The molecule has 0 bridgehead atoms. The molecule has 3 heterocycles. The minimum atomic E-state index is 0.514. The van der Waals surface area contributed by atoms with Crippen LogP contribution in [0.15, 0.2) is 36.8 Å². The highest BCUT2D eigenvalue weighted by atomic mass is 16.5. The van der Waals surface area contributed by atoms with E-state index in [1.54, 1.807) is 16.8 Å². The van der Waals surface area contributed by atoms with Gasteiger partial charge in [-0.1, -0.05) is 6.92 Å². The van der Waals surface area contributed by atoms with Crippen molar-refractivity contribution in [2.75, 3.05) is 23.7 Å². The molecule has 0 radical (unpaired) electrons. The zero-order valence-electron chi connectivity index (χ0n) is 13.6. The van der Waals surface area contributed by atoms with E-state index in [0.29, 0.717) is 19.6 Å². The Balaban J connectivity index is 1.91. The van der Waals surface area contributed by atoms with Crippen LogP contribution in [0.25, 0.3) is 5.65 Å². The predicted octanol–water partition coefficient (Wildman–Crippen LogP) is 0.908. The molecule has 0 saturated heterocycles. The van der Waals surface area contributed by atoms with Gasteiger partial charge >= 0.3 is 0 Å². The summed E-state index contributed by atoms with van der Waals surface area (Å²) in [6.45, 7) is 3.76. The molecule has 3 aromatic heterocycles. The Labute approximate surface area is 139 Å². The number of aryl methyl sites for hydroxylation is 1. The van der Waals surface area contributed by atoms with Gasteiger partial charge in [0.15, 0.2) is 18.0 Å². The Kier molecular flexibility index (Phi) is 4.76. The molecule has 24 heavy (non-hydrogen) atoms. The molecule has 126 valence electrons. The highest BCUT2D eigenvalue weighted by molar-refractivity contribution is 5.60. The third-order valence-electron chi connectivity index (χ3n) is 3.69. The van der Waals surface area contributed by atoms with E-state index in [9.17, 15) is 5.21 Å². The maximum Gasteiger partial charge on any atom is 0.185 e. The molecule has 0 saturated carbocycles. The molecule has 3 aromatic rings. The average Bonchev–Trinajstić information content (AvgIpc) is 3.01. The lowest BCUT2D eigenvalue weighted by atomic mass is 10.2. The van der Waals surface area contributed by atoms with Gasteiger partial charge in [-0.15, -0.1) is 0 Å². The van der Waals surface area contributed by atoms with Gasteiger partial charge in [-0.25, -0.2) is 4.98 Å². The van der Waals surface area contributed by atoms with Crippen LogP contribution in [-0.4, -0.2) is 27.7 Å². The van der Waals surface area contributed by atoms with Crippen LogP contribution < -0.4 is 21.1 Å². The molecule has 0 atom stereocenters. The molecule has 0 aromatic carbocycles. The van der Waals surface area contributed by atoms with Gasteiger partial charge in [0.1, 0.15) is 11.6 Å². The number of rotatable bonds is 7. The zero-order valence-corrected chi connectivity index (χ0v) is 13.6. The van der Waals surface area contributed by atoms with E-state index in [2.05, 4.69) is 27.6 Å². The number of hydrogen-bond donors (Lipinski definition) is 3. The molecule has 0 spiro atoms. The van der Waals surface area contributed by atoms with Crippen LogP contribution in [0.4, 0.5) is 11.6 Å². The van der Waals surface area contributed by atoms with Crippen molar-refractivity contribution in [3.63, 3.8) is 0 Å². The number of nitrogens with zero attached hydrogens (tertiary/aromatic N) is 4. The van der Waals surface area contributed by atoms with E-state index in [-0.39, 0.29) is 0 Å². The molecular weight excluding hydrogens is 306 g/mol. The van der Waals surface area contributed by atoms with E-state index < -0.39 is 0 Å². The van der Waals surface area contributed by atoms with Crippen LogP contribution in [0.1, 0.15) is 18.1 Å². The summed E-state index contributed by atoms with van der Waals surface area (Å²) in [5.41, 5.74) is 8.33. The maximum absolute atomic E-state index is 11.4. The van der Waals surface area contributed by atoms with E-state index >= 15 is 0 Å². The molecule has 8 heteroatoms. The summed E-state index contributed by atoms with van der Waals surface area (Å²) in [7, 11) is 0.